The summed E-state index contributed by atoms with van der Waals surface area (Å²) < 4.78 is 11.2. The third kappa shape index (κ3) is 3.26. The number of carbonyl (C=O) groups excluding carboxylic acids is 3. The molecule has 5 rings (SSSR count). The smallest absolute Gasteiger partial charge is 0.331 e. The van der Waals surface area contributed by atoms with E-state index in [1.54, 1.807) is 6.08 Å². The van der Waals surface area contributed by atoms with Gasteiger partial charge >= 0.3 is 11.9 Å². The SMILES string of the molecule is CC12CCC3C(CC=C4CC(OC(=O)CI)CCC43C=O)C1=CCC2C1=CC(=O)OC1. The average molecular weight is 536 g/mol. The van der Waals surface area contributed by atoms with E-state index in [9.17, 15) is 14.4 Å². The quantitative estimate of drug-likeness (QED) is 0.174. The van der Waals surface area contributed by atoms with Crippen molar-refractivity contribution in [2.45, 2.75) is 58.0 Å². The van der Waals surface area contributed by atoms with Crippen molar-refractivity contribution in [3.05, 3.63) is 34.9 Å². The number of esters is 2. The molecule has 2 saturated carbocycles. The van der Waals surface area contributed by atoms with Crippen molar-refractivity contribution in [3.63, 3.8) is 0 Å². The van der Waals surface area contributed by atoms with Gasteiger partial charge in [0, 0.05) is 12.5 Å². The summed E-state index contributed by atoms with van der Waals surface area (Å²) in [4.78, 5) is 36.0. The molecule has 2 fully saturated rings. The molecule has 0 spiro atoms. The van der Waals surface area contributed by atoms with E-state index in [1.807, 2.05) is 22.6 Å². The van der Waals surface area contributed by atoms with Gasteiger partial charge in [0.15, 0.2) is 0 Å². The molecule has 6 heteroatoms. The van der Waals surface area contributed by atoms with Crippen molar-refractivity contribution in [2.24, 2.45) is 28.6 Å². The number of halogens is 1. The first-order valence-corrected chi connectivity index (χ1v) is 12.9. The third-order valence-electron chi connectivity index (χ3n) is 8.82. The number of fused-ring (bicyclic) bond motifs is 5. The molecule has 5 aliphatic rings. The lowest BCUT2D eigenvalue weighted by Gasteiger charge is -2.55. The van der Waals surface area contributed by atoms with Crippen LogP contribution in [0.25, 0.3) is 0 Å². The lowest BCUT2D eigenvalue weighted by atomic mass is 9.48. The van der Waals surface area contributed by atoms with Crippen LogP contribution in [0.3, 0.4) is 0 Å². The minimum atomic E-state index is -0.415. The second-order valence-corrected chi connectivity index (χ2v) is 10.8. The molecule has 0 amide bonds. The van der Waals surface area contributed by atoms with Gasteiger partial charge in [-0.05, 0) is 67.3 Å². The number of ether oxygens (including phenoxy) is 2. The first-order valence-electron chi connectivity index (χ1n) is 11.4. The molecule has 0 aromatic carbocycles. The van der Waals surface area contributed by atoms with Crippen LogP contribution < -0.4 is 0 Å². The maximum atomic E-state index is 12.6. The molecule has 1 aliphatic heterocycles. The van der Waals surface area contributed by atoms with Crippen molar-refractivity contribution in [1.29, 1.82) is 0 Å². The number of aldehydes is 1. The Labute approximate surface area is 196 Å². The first-order chi connectivity index (χ1) is 14.9. The van der Waals surface area contributed by atoms with Gasteiger partial charge in [-0.3, -0.25) is 4.79 Å². The van der Waals surface area contributed by atoms with Crippen LogP contribution in [0.4, 0.5) is 0 Å². The molecule has 166 valence electrons. The van der Waals surface area contributed by atoms with E-state index < -0.39 is 5.41 Å². The zero-order valence-corrected chi connectivity index (χ0v) is 20.1. The van der Waals surface area contributed by atoms with Crippen LogP contribution in [-0.2, 0) is 23.9 Å². The molecule has 31 heavy (non-hydrogen) atoms. The first kappa shape index (κ1) is 21.4. The van der Waals surface area contributed by atoms with Gasteiger partial charge in [-0.2, -0.15) is 0 Å². The molecule has 0 aromatic rings. The zero-order chi connectivity index (χ0) is 21.8. The molecule has 0 aromatic heterocycles. The second-order valence-electron chi connectivity index (χ2n) is 10.1. The topological polar surface area (TPSA) is 69.7 Å². The van der Waals surface area contributed by atoms with Crippen molar-refractivity contribution in [3.8, 4) is 0 Å². The van der Waals surface area contributed by atoms with Crippen LogP contribution in [0, 0.1) is 28.6 Å². The van der Waals surface area contributed by atoms with Crippen LogP contribution in [-0.4, -0.2) is 35.4 Å². The Balaban J connectivity index is 1.41. The Morgan fingerprint density at radius 3 is 2.84 bits per heavy atom. The lowest BCUT2D eigenvalue weighted by molar-refractivity contribution is -0.147. The third-order valence-corrected chi connectivity index (χ3v) is 9.44. The molecule has 1 heterocycles. The number of alkyl halides is 1. The highest BCUT2D eigenvalue weighted by molar-refractivity contribution is 14.1. The van der Waals surface area contributed by atoms with Gasteiger partial charge in [0.2, 0.25) is 0 Å². The molecule has 0 N–H and O–H groups in total. The van der Waals surface area contributed by atoms with Gasteiger partial charge in [0.1, 0.15) is 19.0 Å². The summed E-state index contributed by atoms with van der Waals surface area (Å²) in [6, 6.07) is 0. The van der Waals surface area contributed by atoms with Crippen LogP contribution in [0.1, 0.15) is 51.9 Å². The predicted octanol–water partition coefficient (Wildman–Crippen LogP) is 4.49. The zero-order valence-electron chi connectivity index (χ0n) is 17.9. The fraction of sp³-hybridized carbons (Fsp3) is 0.640. The average Bonchev–Trinajstić information content (AvgIpc) is 3.35. The largest absolute Gasteiger partial charge is 0.461 e. The van der Waals surface area contributed by atoms with Gasteiger partial charge < -0.3 is 14.3 Å². The fourth-order valence-corrected chi connectivity index (χ4v) is 7.55. The van der Waals surface area contributed by atoms with Crippen LogP contribution >= 0.6 is 22.6 Å². The lowest BCUT2D eigenvalue weighted by Crippen LogP contribution is -2.50. The van der Waals surface area contributed by atoms with E-state index in [4.69, 9.17) is 9.47 Å². The Kier molecular flexibility index (Phi) is 5.42. The molecule has 6 unspecified atom stereocenters. The number of rotatable bonds is 4. The maximum absolute atomic E-state index is 12.6. The molecule has 0 bridgehead atoms. The Morgan fingerprint density at radius 2 is 2.13 bits per heavy atom. The van der Waals surface area contributed by atoms with E-state index >= 15 is 0 Å². The number of cyclic esters (lactones) is 1. The van der Waals surface area contributed by atoms with Gasteiger partial charge in [0.05, 0.1) is 9.84 Å². The van der Waals surface area contributed by atoms with E-state index in [0.29, 0.717) is 35.2 Å². The highest BCUT2D eigenvalue weighted by Gasteiger charge is 2.58. The summed E-state index contributed by atoms with van der Waals surface area (Å²) in [6.07, 6.45) is 13.7. The van der Waals surface area contributed by atoms with Crippen molar-refractivity contribution >= 4 is 40.8 Å². The maximum Gasteiger partial charge on any atom is 0.331 e. The van der Waals surface area contributed by atoms with E-state index in [1.165, 1.54) is 17.4 Å². The Hall–Kier alpha value is -1.44. The molecule has 4 aliphatic carbocycles. The standard InChI is InChI=1S/C25H29IO5/c1-24-8-7-21-18(20(24)5-4-19(24)15-10-22(28)30-13-15)3-2-16-11-17(31-23(29)12-26)6-9-25(16,21)14-27/h2,5,10,14,17-19,21H,3-4,6-9,11-13H2,1H3. The molecule has 0 saturated heterocycles. The van der Waals surface area contributed by atoms with Gasteiger partial charge in [-0.15, -0.1) is 0 Å². The number of carbonyl (C=O) groups is 3. The van der Waals surface area contributed by atoms with E-state index in [-0.39, 0.29) is 23.5 Å². The van der Waals surface area contributed by atoms with Crippen LogP contribution in [0.5, 0.6) is 0 Å². The van der Waals surface area contributed by atoms with Crippen LogP contribution in [0.15, 0.2) is 34.9 Å². The summed E-state index contributed by atoms with van der Waals surface area (Å²) in [5.74, 6) is 0.643. The van der Waals surface area contributed by atoms with E-state index in [0.717, 1.165) is 44.1 Å². The summed E-state index contributed by atoms with van der Waals surface area (Å²) >= 11 is 2.03. The molecular weight excluding hydrogens is 507 g/mol. The molecule has 6 atom stereocenters. The minimum Gasteiger partial charge on any atom is -0.461 e. The molecular formula is C25H29IO5. The molecule has 5 nitrogen and oxygen atoms in total. The number of allylic oxidation sites excluding steroid dienone is 3. The molecule has 0 radical (unpaired) electrons. The van der Waals surface area contributed by atoms with Gasteiger partial charge in [0.25, 0.3) is 0 Å². The Bertz CT molecular complexity index is 917. The van der Waals surface area contributed by atoms with Crippen molar-refractivity contribution < 1.29 is 23.9 Å². The van der Waals surface area contributed by atoms with Gasteiger partial charge in [-0.25, -0.2) is 4.79 Å². The van der Waals surface area contributed by atoms with Gasteiger partial charge in [-0.1, -0.05) is 52.8 Å². The van der Waals surface area contributed by atoms with Crippen molar-refractivity contribution in [1.82, 2.24) is 0 Å². The second kappa shape index (κ2) is 7.85. The summed E-state index contributed by atoms with van der Waals surface area (Å²) in [5.41, 5.74) is 3.44. The normalized spacial score (nSPS) is 41.1. The fourth-order valence-electron chi connectivity index (χ4n) is 7.37. The highest BCUT2D eigenvalue weighted by atomic mass is 127. The minimum absolute atomic E-state index is 0.0451. The summed E-state index contributed by atoms with van der Waals surface area (Å²) in [5, 5.41) is 0. The predicted molar refractivity (Wildman–Crippen MR) is 123 cm³/mol. The summed E-state index contributed by atoms with van der Waals surface area (Å²) in [6.45, 7) is 2.78. The van der Waals surface area contributed by atoms with Crippen molar-refractivity contribution in [2.75, 3.05) is 11.0 Å². The number of hydrogen-bond donors (Lipinski definition) is 0. The number of hydrogen-bond acceptors (Lipinski definition) is 5. The van der Waals surface area contributed by atoms with Crippen LogP contribution in [0.2, 0.25) is 0 Å². The monoisotopic (exact) mass is 536 g/mol. The summed E-state index contributed by atoms with van der Waals surface area (Å²) in [7, 11) is 0. The highest BCUT2D eigenvalue weighted by Crippen LogP contribution is 2.65. The van der Waals surface area contributed by atoms with E-state index in [2.05, 4.69) is 19.1 Å². The Morgan fingerprint density at radius 1 is 1.29 bits per heavy atom.